The third-order valence-corrected chi connectivity index (χ3v) is 3.40. The molecule has 5 nitrogen and oxygen atoms in total. The quantitative estimate of drug-likeness (QED) is 0.805. The molecule has 1 rings (SSSR count). The predicted octanol–water partition coefficient (Wildman–Crippen LogP) is 1.35. The molecule has 0 aliphatic heterocycles. The average molecular weight is 291 g/mol. The van der Waals surface area contributed by atoms with Crippen LogP contribution in [0.4, 0.5) is 5.69 Å². The van der Waals surface area contributed by atoms with E-state index < -0.39 is 5.41 Å². The van der Waals surface area contributed by atoms with E-state index in [1.54, 1.807) is 20.9 Å². The van der Waals surface area contributed by atoms with Gasteiger partial charge in [0.25, 0.3) is 0 Å². The first-order chi connectivity index (χ1) is 9.76. The maximum Gasteiger partial charge on any atom is 0.241 e. The summed E-state index contributed by atoms with van der Waals surface area (Å²) in [4.78, 5) is 28.3. The van der Waals surface area contributed by atoms with Gasteiger partial charge in [-0.3, -0.25) is 9.59 Å². The van der Waals surface area contributed by atoms with Gasteiger partial charge in [0.1, 0.15) is 5.41 Å². The van der Waals surface area contributed by atoms with E-state index >= 15 is 0 Å². The Hall–Kier alpha value is -1.88. The van der Waals surface area contributed by atoms with Gasteiger partial charge in [-0.1, -0.05) is 18.2 Å². The van der Waals surface area contributed by atoms with E-state index in [0.29, 0.717) is 6.54 Å². The normalized spacial score (nSPS) is 11.3. The second kappa shape index (κ2) is 7.22. The minimum absolute atomic E-state index is 0.226. The standard InChI is InChI=1S/C16H25N3O2/c1-16(2,14(20)17-11-12-18(3)4)15(21)19(5)13-9-7-6-8-10-13/h6-10H,11-12H2,1-5H3,(H,17,20). The van der Waals surface area contributed by atoms with Crippen LogP contribution in [0.25, 0.3) is 0 Å². The Kier molecular flexibility index (Phi) is 5.90. The first-order valence-electron chi connectivity index (χ1n) is 7.03. The molecule has 0 saturated carbocycles. The maximum absolute atomic E-state index is 12.6. The highest BCUT2D eigenvalue weighted by atomic mass is 16.2. The number of benzene rings is 1. The molecule has 0 radical (unpaired) electrons. The first-order valence-corrected chi connectivity index (χ1v) is 7.03. The molecule has 1 aromatic rings. The molecule has 0 spiro atoms. The van der Waals surface area contributed by atoms with E-state index in [9.17, 15) is 9.59 Å². The molecule has 1 aromatic carbocycles. The van der Waals surface area contributed by atoms with Gasteiger partial charge in [0, 0.05) is 25.8 Å². The largest absolute Gasteiger partial charge is 0.354 e. The number of hydrogen-bond donors (Lipinski definition) is 1. The van der Waals surface area contributed by atoms with E-state index in [2.05, 4.69) is 5.32 Å². The summed E-state index contributed by atoms with van der Waals surface area (Å²) in [7, 11) is 5.56. The monoisotopic (exact) mass is 291 g/mol. The third-order valence-electron chi connectivity index (χ3n) is 3.40. The van der Waals surface area contributed by atoms with Gasteiger partial charge in [0.05, 0.1) is 0 Å². The average Bonchev–Trinajstić information content (AvgIpc) is 2.46. The molecular weight excluding hydrogens is 266 g/mol. The summed E-state index contributed by atoms with van der Waals surface area (Å²) in [6, 6.07) is 9.31. The van der Waals surface area contributed by atoms with E-state index in [0.717, 1.165) is 12.2 Å². The highest BCUT2D eigenvalue weighted by molar-refractivity contribution is 6.10. The Bertz CT molecular complexity index is 484. The SMILES string of the molecule is CN(C)CCNC(=O)C(C)(C)C(=O)N(C)c1ccccc1. The number of anilines is 1. The molecule has 0 saturated heterocycles. The molecule has 0 unspecified atom stereocenters. The summed E-state index contributed by atoms with van der Waals surface area (Å²) >= 11 is 0. The number of para-hydroxylation sites is 1. The fourth-order valence-corrected chi connectivity index (χ4v) is 1.90. The number of amides is 2. The molecule has 0 atom stereocenters. The van der Waals surface area contributed by atoms with Gasteiger partial charge in [-0.25, -0.2) is 0 Å². The summed E-state index contributed by atoms with van der Waals surface area (Å²) in [5.74, 6) is -0.479. The zero-order valence-corrected chi connectivity index (χ0v) is 13.5. The Balaban J connectivity index is 2.72. The Labute approximate surface area is 126 Å². The van der Waals surface area contributed by atoms with Crippen molar-refractivity contribution < 1.29 is 9.59 Å². The number of likely N-dealkylation sites (N-methyl/N-ethyl adjacent to an activating group) is 1. The summed E-state index contributed by atoms with van der Waals surface area (Å²) in [5, 5.41) is 2.81. The van der Waals surface area contributed by atoms with Crippen molar-refractivity contribution in [1.29, 1.82) is 0 Å². The number of rotatable bonds is 6. The van der Waals surface area contributed by atoms with E-state index in [1.807, 2.05) is 49.3 Å². The van der Waals surface area contributed by atoms with Crippen LogP contribution < -0.4 is 10.2 Å². The van der Waals surface area contributed by atoms with Crippen LogP contribution in [0.15, 0.2) is 30.3 Å². The minimum Gasteiger partial charge on any atom is -0.354 e. The van der Waals surface area contributed by atoms with Gasteiger partial charge in [-0.2, -0.15) is 0 Å². The fraction of sp³-hybridized carbons (Fsp3) is 0.500. The first kappa shape index (κ1) is 17.2. The van der Waals surface area contributed by atoms with Crippen LogP contribution in [0.2, 0.25) is 0 Å². The van der Waals surface area contributed by atoms with Crippen LogP contribution in [0, 0.1) is 5.41 Å². The van der Waals surface area contributed by atoms with Gasteiger partial charge in [0.15, 0.2) is 0 Å². The molecule has 2 amide bonds. The predicted molar refractivity (Wildman–Crippen MR) is 85.2 cm³/mol. The van der Waals surface area contributed by atoms with Crippen molar-refractivity contribution in [2.24, 2.45) is 5.41 Å². The summed E-state index contributed by atoms with van der Waals surface area (Å²) in [6.45, 7) is 4.57. The molecule has 5 heteroatoms. The molecule has 21 heavy (non-hydrogen) atoms. The van der Waals surface area contributed by atoms with E-state index in [-0.39, 0.29) is 11.8 Å². The Morgan fingerprint density at radius 2 is 1.67 bits per heavy atom. The zero-order chi connectivity index (χ0) is 16.0. The van der Waals surface area contributed by atoms with Crippen molar-refractivity contribution in [2.75, 3.05) is 39.1 Å². The van der Waals surface area contributed by atoms with Gasteiger partial charge in [-0.15, -0.1) is 0 Å². The maximum atomic E-state index is 12.6. The lowest BCUT2D eigenvalue weighted by molar-refractivity contribution is -0.139. The van der Waals surface area contributed by atoms with Crippen molar-refractivity contribution in [3.8, 4) is 0 Å². The lowest BCUT2D eigenvalue weighted by Crippen LogP contribution is -2.49. The smallest absolute Gasteiger partial charge is 0.241 e. The Morgan fingerprint density at radius 3 is 2.19 bits per heavy atom. The topological polar surface area (TPSA) is 52.7 Å². The highest BCUT2D eigenvalue weighted by Gasteiger charge is 2.38. The molecule has 0 aliphatic carbocycles. The van der Waals surface area contributed by atoms with Crippen molar-refractivity contribution in [1.82, 2.24) is 10.2 Å². The number of nitrogens with one attached hydrogen (secondary N) is 1. The lowest BCUT2D eigenvalue weighted by atomic mass is 9.90. The van der Waals surface area contributed by atoms with Crippen LogP contribution >= 0.6 is 0 Å². The van der Waals surface area contributed by atoms with Crippen molar-refractivity contribution >= 4 is 17.5 Å². The molecule has 1 N–H and O–H groups in total. The van der Waals surface area contributed by atoms with Crippen LogP contribution in [0.3, 0.4) is 0 Å². The van der Waals surface area contributed by atoms with Gasteiger partial charge in [0.2, 0.25) is 11.8 Å². The second-order valence-corrected chi connectivity index (χ2v) is 5.88. The lowest BCUT2D eigenvalue weighted by Gasteiger charge is -2.28. The highest BCUT2D eigenvalue weighted by Crippen LogP contribution is 2.22. The van der Waals surface area contributed by atoms with Crippen LogP contribution in [-0.4, -0.2) is 50.9 Å². The second-order valence-electron chi connectivity index (χ2n) is 5.88. The van der Waals surface area contributed by atoms with E-state index in [1.165, 1.54) is 4.90 Å². The van der Waals surface area contributed by atoms with Gasteiger partial charge < -0.3 is 15.1 Å². The summed E-state index contributed by atoms with van der Waals surface area (Å²) in [6.07, 6.45) is 0. The minimum atomic E-state index is -1.10. The molecule has 0 bridgehead atoms. The van der Waals surface area contributed by atoms with Crippen LogP contribution in [0.5, 0.6) is 0 Å². The van der Waals surface area contributed by atoms with Crippen molar-refractivity contribution in [3.05, 3.63) is 30.3 Å². The molecular formula is C16H25N3O2. The summed E-state index contributed by atoms with van der Waals surface area (Å²) < 4.78 is 0. The molecule has 116 valence electrons. The number of carbonyl (C=O) groups is 2. The Morgan fingerprint density at radius 1 is 1.10 bits per heavy atom. The van der Waals surface area contributed by atoms with Crippen molar-refractivity contribution in [2.45, 2.75) is 13.8 Å². The third kappa shape index (κ3) is 4.56. The fourth-order valence-electron chi connectivity index (χ4n) is 1.90. The number of carbonyl (C=O) groups excluding carboxylic acids is 2. The number of hydrogen-bond acceptors (Lipinski definition) is 3. The zero-order valence-electron chi connectivity index (χ0n) is 13.5. The van der Waals surface area contributed by atoms with E-state index in [4.69, 9.17) is 0 Å². The molecule has 0 heterocycles. The van der Waals surface area contributed by atoms with Gasteiger partial charge >= 0.3 is 0 Å². The van der Waals surface area contributed by atoms with Crippen LogP contribution in [-0.2, 0) is 9.59 Å². The molecule has 0 aromatic heterocycles. The van der Waals surface area contributed by atoms with Gasteiger partial charge in [-0.05, 0) is 40.1 Å². The molecule has 0 aliphatic rings. The van der Waals surface area contributed by atoms with Crippen molar-refractivity contribution in [3.63, 3.8) is 0 Å². The number of nitrogens with zero attached hydrogens (tertiary/aromatic N) is 2. The molecule has 0 fully saturated rings. The van der Waals surface area contributed by atoms with Crippen LogP contribution in [0.1, 0.15) is 13.8 Å². The summed E-state index contributed by atoms with van der Waals surface area (Å²) in [5.41, 5.74) is -0.326.